The molecule has 0 radical (unpaired) electrons. The van der Waals surface area contributed by atoms with Crippen molar-refractivity contribution < 1.29 is 22.7 Å². The number of amides is 1. The van der Waals surface area contributed by atoms with Gasteiger partial charge in [-0.3, -0.25) is 9.10 Å². The van der Waals surface area contributed by atoms with Gasteiger partial charge in [-0.25, -0.2) is 13.8 Å². The van der Waals surface area contributed by atoms with E-state index in [2.05, 4.69) is 10.5 Å². The van der Waals surface area contributed by atoms with Crippen LogP contribution in [-0.2, 0) is 14.8 Å². The van der Waals surface area contributed by atoms with Crippen LogP contribution in [0.4, 0.5) is 5.69 Å². The number of anilines is 1. The van der Waals surface area contributed by atoms with E-state index in [9.17, 15) is 13.2 Å². The van der Waals surface area contributed by atoms with Crippen LogP contribution in [0.25, 0.3) is 0 Å². The fraction of sp³-hybridized carbons (Fsp3) is 0.0714. The Kier molecular flexibility index (Phi) is 8.62. The summed E-state index contributed by atoms with van der Waals surface area (Å²) in [6, 6.07) is 28.8. The lowest BCUT2D eigenvalue weighted by molar-refractivity contribution is -0.119. The van der Waals surface area contributed by atoms with E-state index in [0.29, 0.717) is 22.8 Å². The molecule has 38 heavy (non-hydrogen) atoms. The number of sulfonamides is 1. The molecule has 1 N–H and O–H groups in total. The molecular weight excluding hydrogens is 526 g/mol. The van der Waals surface area contributed by atoms with Crippen LogP contribution >= 0.6 is 11.6 Å². The molecule has 194 valence electrons. The molecule has 0 fully saturated rings. The summed E-state index contributed by atoms with van der Waals surface area (Å²) in [6.07, 6.45) is 1.44. The molecule has 0 heterocycles. The molecule has 0 aliphatic heterocycles. The number of carbonyl (C=O) groups is 1. The van der Waals surface area contributed by atoms with Crippen molar-refractivity contribution in [3.05, 3.63) is 114 Å². The van der Waals surface area contributed by atoms with Crippen molar-refractivity contribution in [3.8, 4) is 17.2 Å². The van der Waals surface area contributed by atoms with Gasteiger partial charge in [0.15, 0.2) is 0 Å². The zero-order chi connectivity index (χ0) is 27.0. The smallest absolute Gasteiger partial charge is 0.264 e. The Morgan fingerprint density at radius 1 is 0.921 bits per heavy atom. The standard InChI is InChI=1S/C28H24ClN3O5S/c1-36-27-16-15-22(18-26(27)29)32(38(34,35)25-13-6-3-7-14-25)20-28(33)31-30-19-21-9-8-12-24(17-21)37-23-10-4-2-5-11-23/h2-19H,20H2,1H3,(H,31,33)/b30-19-. The van der Waals surface area contributed by atoms with Crippen LogP contribution in [0.2, 0.25) is 5.02 Å². The average molecular weight is 550 g/mol. The largest absolute Gasteiger partial charge is 0.495 e. The topological polar surface area (TPSA) is 97.3 Å². The molecule has 0 aliphatic rings. The quantitative estimate of drug-likeness (QED) is 0.208. The van der Waals surface area contributed by atoms with Crippen molar-refractivity contribution >= 4 is 39.4 Å². The number of hydrogen-bond donors (Lipinski definition) is 1. The third-order valence-corrected chi connectivity index (χ3v) is 7.37. The molecule has 0 saturated heterocycles. The van der Waals surface area contributed by atoms with Crippen molar-refractivity contribution in [3.63, 3.8) is 0 Å². The van der Waals surface area contributed by atoms with Gasteiger partial charge in [-0.05, 0) is 60.2 Å². The summed E-state index contributed by atoms with van der Waals surface area (Å²) in [5, 5.41) is 4.19. The summed E-state index contributed by atoms with van der Waals surface area (Å²) >= 11 is 6.24. The highest BCUT2D eigenvalue weighted by Crippen LogP contribution is 2.31. The first kappa shape index (κ1) is 26.7. The number of benzene rings is 4. The molecule has 0 unspecified atom stereocenters. The van der Waals surface area contributed by atoms with Gasteiger partial charge >= 0.3 is 0 Å². The predicted molar refractivity (Wildman–Crippen MR) is 148 cm³/mol. The fourth-order valence-corrected chi connectivity index (χ4v) is 5.16. The zero-order valence-corrected chi connectivity index (χ0v) is 21.9. The van der Waals surface area contributed by atoms with Crippen LogP contribution in [0, 0.1) is 0 Å². The number of ether oxygens (including phenoxy) is 2. The molecule has 4 rings (SSSR count). The van der Waals surface area contributed by atoms with Crippen LogP contribution in [0.3, 0.4) is 0 Å². The summed E-state index contributed by atoms with van der Waals surface area (Å²) in [6.45, 7) is -0.533. The predicted octanol–water partition coefficient (Wildman–Crippen LogP) is 5.49. The summed E-state index contributed by atoms with van der Waals surface area (Å²) in [5.74, 6) is 1.01. The third kappa shape index (κ3) is 6.70. The monoisotopic (exact) mass is 549 g/mol. The Bertz CT molecular complexity index is 1530. The van der Waals surface area contributed by atoms with E-state index in [1.807, 2.05) is 30.3 Å². The number of para-hydroxylation sites is 1. The molecule has 0 spiro atoms. The summed E-state index contributed by atoms with van der Waals surface area (Å²) in [7, 11) is -2.64. The normalized spacial score (nSPS) is 11.2. The van der Waals surface area contributed by atoms with E-state index in [-0.39, 0.29) is 15.6 Å². The fourth-order valence-electron chi connectivity index (χ4n) is 3.47. The Labute approximate surface area is 226 Å². The van der Waals surface area contributed by atoms with E-state index < -0.39 is 22.5 Å². The lowest BCUT2D eigenvalue weighted by atomic mass is 10.2. The van der Waals surface area contributed by atoms with Crippen LogP contribution in [0.1, 0.15) is 5.56 Å². The number of halogens is 1. The van der Waals surface area contributed by atoms with E-state index in [4.69, 9.17) is 21.1 Å². The minimum absolute atomic E-state index is 0.0264. The van der Waals surface area contributed by atoms with Crippen LogP contribution < -0.4 is 19.2 Å². The molecule has 4 aromatic carbocycles. The number of hydrazone groups is 1. The van der Waals surface area contributed by atoms with Crippen LogP contribution in [0.15, 0.2) is 113 Å². The summed E-state index contributed by atoms with van der Waals surface area (Å²) < 4.78 is 38.8. The van der Waals surface area contributed by atoms with Crippen molar-refractivity contribution in [2.24, 2.45) is 5.10 Å². The van der Waals surface area contributed by atoms with Gasteiger partial charge in [0.05, 0.1) is 28.9 Å². The van der Waals surface area contributed by atoms with Crippen LogP contribution in [0.5, 0.6) is 17.2 Å². The second-order valence-electron chi connectivity index (χ2n) is 7.92. The Balaban J connectivity index is 1.50. The highest BCUT2D eigenvalue weighted by atomic mass is 35.5. The maximum absolute atomic E-state index is 13.4. The van der Waals surface area contributed by atoms with Crippen molar-refractivity contribution in [1.82, 2.24) is 5.43 Å². The number of carbonyl (C=O) groups excluding carboxylic acids is 1. The number of nitrogens with zero attached hydrogens (tertiary/aromatic N) is 2. The van der Waals surface area contributed by atoms with Gasteiger partial charge in [-0.2, -0.15) is 5.10 Å². The minimum Gasteiger partial charge on any atom is -0.495 e. The molecule has 8 nitrogen and oxygen atoms in total. The summed E-state index contributed by atoms with van der Waals surface area (Å²) in [5.41, 5.74) is 3.26. The first-order valence-corrected chi connectivity index (χ1v) is 13.2. The second kappa shape index (κ2) is 12.3. The van der Waals surface area contributed by atoms with Gasteiger partial charge in [0.25, 0.3) is 15.9 Å². The maximum Gasteiger partial charge on any atom is 0.264 e. The highest BCUT2D eigenvalue weighted by molar-refractivity contribution is 7.92. The molecule has 0 bridgehead atoms. The van der Waals surface area contributed by atoms with E-state index in [1.54, 1.807) is 42.5 Å². The SMILES string of the molecule is COc1ccc(N(CC(=O)N/N=C\c2cccc(Oc3ccccc3)c2)S(=O)(=O)c2ccccc2)cc1Cl. The van der Waals surface area contributed by atoms with E-state index in [0.717, 1.165) is 4.31 Å². The molecule has 0 atom stereocenters. The lowest BCUT2D eigenvalue weighted by Crippen LogP contribution is -2.39. The Hall–Kier alpha value is -4.34. The molecule has 1 amide bonds. The number of methoxy groups -OCH3 is 1. The lowest BCUT2D eigenvalue weighted by Gasteiger charge is -2.24. The maximum atomic E-state index is 13.4. The van der Waals surface area contributed by atoms with Gasteiger partial charge < -0.3 is 9.47 Å². The number of nitrogens with one attached hydrogen (secondary N) is 1. The first-order valence-electron chi connectivity index (χ1n) is 11.4. The van der Waals surface area contributed by atoms with Crippen LogP contribution in [-0.4, -0.2) is 34.2 Å². The van der Waals surface area contributed by atoms with Gasteiger partial charge in [0, 0.05) is 0 Å². The average Bonchev–Trinajstić information content (AvgIpc) is 2.93. The zero-order valence-electron chi connectivity index (χ0n) is 20.3. The molecule has 4 aromatic rings. The third-order valence-electron chi connectivity index (χ3n) is 5.28. The second-order valence-corrected chi connectivity index (χ2v) is 10.2. The molecule has 0 aromatic heterocycles. The van der Waals surface area contributed by atoms with Gasteiger partial charge in [-0.1, -0.05) is 60.1 Å². The Morgan fingerprint density at radius 2 is 1.61 bits per heavy atom. The first-order chi connectivity index (χ1) is 18.4. The molecular formula is C28H24ClN3O5S. The number of rotatable bonds is 10. The van der Waals surface area contributed by atoms with Gasteiger partial charge in [0.2, 0.25) is 0 Å². The van der Waals surface area contributed by atoms with Gasteiger partial charge in [-0.15, -0.1) is 0 Å². The molecule has 0 saturated carbocycles. The highest BCUT2D eigenvalue weighted by Gasteiger charge is 2.27. The van der Waals surface area contributed by atoms with E-state index in [1.165, 1.54) is 43.7 Å². The van der Waals surface area contributed by atoms with Crippen molar-refractivity contribution in [1.29, 1.82) is 0 Å². The van der Waals surface area contributed by atoms with Crippen molar-refractivity contribution in [2.45, 2.75) is 4.90 Å². The van der Waals surface area contributed by atoms with E-state index >= 15 is 0 Å². The van der Waals surface area contributed by atoms with Crippen molar-refractivity contribution in [2.75, 3.05) is 18.0 Å². The summed E-state index contributed by atoms with van der Waals surface area (Å²) in [4.78, 5) is 12.8. The Morgan fingerprint density at radius 3 is 2.29 bits per heavy atom. The number of hydrogen-bond acceptors (Lipinski definition) is 6. The molecule has 0 aliphatic carbocycles. The molecule has 10 heteroatoms. The minimum atomic E-state index is -4.09. The van der Waals surface area contributed by atoms with Gasteiger partial charge in [0.1, 0.15) is 23.8 Å².